The van der Waals surface area contributed by atoms with Gasteiger partial charge in [0.25, 0.3) is 0 Å². The Bertz CT molecular complexity index is 242. The molecule has 0 aromatic carbocycles. The highest BCUT2D eigenvalue weighted by Crippen LogP contribution is 2.24. The molecule has 100 valence electrons. The minimum Gasteiger partial charge on any atom is -0.326 e. The van der Waals surface area contributed by atoms with E-state index >= 15 is 0 Å². The van der Waals surface area contributed by atoms with Crippen molar-refractivity contribution in [3.8, 4) is 0 Å². The van der Waals surface area contributed by atoms with Crippen LogP contribution >= 0.6 is 0 Å². The van der Waals surface area contributed by atoms with E-state index in [-0.39, 0.29) is 0 Å². The van der Waals surface area contributed by atoms with Crippen LogP contribution < -0.4 is 5.73 Å². The van der Waals surface area contributed by atoms with Crippen molar-refractivity contribution in [2.24, 2.45) is 11.7 Å². The predicted octanol–water partition coefficient (Wildman–Crippen LogP) is 1.53. The van der Waals surface area contributed by atoms with E-state index in [1.807, 2.05) is 0 Å². The SMILES string of the molecule is CC(C)C(N)CN1CC2CCCCN2CC1C. The third kappa shape index (κ3) is 3.21. The quantitative estimate of drug-likeness (QED) is 0.810. The van der Waals surface area contributed by atoms with Gasteiger partial charge >= 0.3 is 0 Å². The zero-order chi connectivity index (χ0) is 12.4. The monoisotopic (exact) mass is 239 g/mol. The van der Waals surface area contributed by atoms with Crippen LogP contribution in [-0.2, 0) is 0 Å². The first-order chi connectivity index (χ1) is 8.08. The number of nitrogens with two attached hydrogens (primary N) is 1. The minimum absolute atomic E-state index is 0.326. The molecule has 2 aliphatic heterocycles. The fourth-order valence-electron chi connectivity index (χ4n) is 3.15. The van der Waals surface area contributed by atoms with Crippen LogP contribution in [0.4, 0.5) is 0 Å². The van der Waals surface area contributed by atoms with Crippen molar-refractivity contribution in [2.45, 2.75) is 58.2 Å². The molecule has 2 N–H and O–H groups in total. The van der Waals surface area contributed by atoms with Gasteiger partial charge in [-0.3, -0.25) is 9.80 Å². The minimum atomic E-state index is 0.326. The highest BCUT2D eigenvalue weighted by Gasteiger charge is 2.33. The number of piperazine rings is 1. The van der Waals surface area contributed by atoms with Crippen molar-refractivity contribution in [1.82, 2.24) is 9.80 Å². The highest BCUT2D eigenvalue weighted by atomic mass is 15.3. The molecule has 2 heterocycles. The average molecular weight is 239 g/mol. The Kier molecular flexibility index (Phi) is 4.45. The van der Waals surface area contributed by atoms with Crippen molar-refractivity contribution >= 4 is 0 Å². The number of piperidine rings is 1. The number of hydrogen-bond donors (Lipinski definition) is 1. The lowest BCUT2D eigenvalue weighted by Crippen LogP contribution is -2.60. The fraction of sp³-hybridized carbons (Fsp3) is 1.00. The number of fused-ring (bicyclic) bond motifs is 1. The second kappa shape index (κ2) is 5.68. The van der Waals surface area contributed by atoms with Gasteiger partial charge in [0.2, 0.25) is 0 Å². The van der Waals surface area contributed by atoms with Crippen LogP contribution in [0.5, 0.6) is 0 Å². The molecule has 3 heteroatoms. The zero-order valence-electron chi connectivity index (χ0n) is 11.7. The van der Waals surface area contributed by atoms with E-state index in [9.17, 15) is 0 Å². The Morgan fingerprint density at radius 3 is 2.71 bits per heavy atom. The summed E-state index contributed by atoms with van der Waals surface area (Å²) in [6.07, 6.45) is 4.20. The summed E-state index contributed by atoms with van der Waals surface area (Å²) in [5.74, 6) is 0.589. The molecule has 2 aliphatic rings. The van der Waals surface area contributed by atoms with Crippen LogP contribution in [-0.4, -0.2) is 54.1 Å². The van der Waals surface area contributed by atoms with Crippen LogP contribution in [0.15, 0.2) is 0 Å². The standard InChI is InChI=1S/C14H29N3/c1-11(2)14(15)10-17-9-13-6-4-5-7-16(13)8-12(17)3/h11-14H,4-10,15H2,1-3H3. The lowest BCUT2D eigenvalue weighted by atomic mass is 9.96. The second-order valence-electron chi connectivity index (χ2n) is 6.36. The summed E-state index contributed by atoms with van der Waals surface area (Å²) in [5.41, 5.74) is 6.22. The van der Waals surface area contributed by atoms with Gasteiger partial charge in [-0.15, -0.1) is 0 Å². The molecule has 3 nitrogen and oxygen atoms in total. The van der Waals surface area contributed by atoms with Gasteiger partial charge in [0, 0.05) is 37.8 Å². The Labute approximate surface area is 106 Å². The molecule has 2 fully saturated rings. The first-order valence-corrected chi connectivity index (χ1v) is 7.31. The molecular formula is C14H29N3. The van der Waals surface area contributed by atoms with Gasteiger partial charge in [0.15, 0.2) is 0 Å². The van der Waals surface area contributed by atoms with Crippen molar-refractivity contribution in [3.05, 3.63) is 0 Å². The lowest BCUT2D eigenvalue weighted by Gasteiger charge is -2.48. The van der Waals surface area contributed by atoms with Gasteiger partial charge in [-0.2, -0.15) is 0 Å². The van der Waals surface area contributed by atoms with E-state index in [1.54, 1.807) is 0 Å². The molecule has 0 aromatic heterocycles. The largest absolute Gasteiger partial charge is 0.326 e. The summed E-state index contributed by atoms with van der Waals surface area (Å²) in [6, 6.07) is 1.81. The first-order valence-electron chi connectivity index (χ1n) is 7.31. The highest BCUT2D eigenvalue weighted by molar-refractivity contribution is 4.90. The molecule has 2 rings (SSSR count). The van der Waals surface area contributed by atoms with Gasteiger partial charge < -0.3 is 5.73 Å². The maximum Gasteiger partial charge on any atom is 0.0223 e. The van der Waals surface area contributed by atoms with Crippen molar-refractivity contribution in [3.63, 3.8) is 0 Å². The van der Waals surface area contributed by atoms with Crippen molar-refractivity contribution < 1.29 is 0 Å². The van der Waals surface area contributed by atoms with E-state index < -0.39 is 0 Å². The molecule has 0 aromatic rings. The van der Waals surface area contributed by atoms with E-state index in [1.165, 1.54) is 38.9 Å². The molecule has 3 unspecified atom stereocenters. The van der Waals surface area contributed by atoms with E-state index in [2.05, 4.69) is 30.6 Å². The zero-order valence-corrected chi connectivity index (χ0v) is 11.7. The summed E-state index contributed by atoms with van der Waals surface area (Å²) in [6.45, 7) is 11.7. The Morgan fingerprint density at radius 1 is 1.24 bits per heavy atom. The van der Waals surface area contributed by atoms with Crippen LogP contribution in [0.3, 0.4) is 0 Å². The number of rotatable bonds is 3. The van der Waals surface area contributed by atoms with Crippen LogP contribution in [0, 0.1) is 5.92 Å². The predicted molar refractivity (Wildman–Crippen MR) is 73.1 cm³/mol. The maximum atomic E-state index is 6.22. The molecule has 2 saturated heterocycles. The summed E-state index contributed by atoms with van der Waals surface area (Å²) in [7, 11) is 0. The molecular weight excluding hydrogens is 210 g/mol. The molecule has 0 aliphatic carbocycles. The molecule has 0 spiro atoms. The van der Waals surface area contributed by atoms with E-state index in [0.29, 0.717) is 18.0 Å². The van der Waals surface area contributed by atoms with E-state index in [0.717, 1.165) is 12.6 Å². The van der Waals surface area contributed by atoms with Gasteiger partial charge in [0.05, 0.1) is 0 Å². The van der Waals surface area contributed by atoms with Gasteiger partial charge in [-0.1, -0.05) is 20.3 Å². The van der Waals surface area contributed by atoms with Crippen molar-refractivity contribution in [1.29, 1.82) is 0 Å². The van der Waals surface area contributed by atoms with Crippen molar-refractivity contribution in [2.75, 3.05) is 26.2 Å². The van der Waals surface area contributed by atoms with Gasteiger partial charge in [-0.25, -0.2) is 0 Å². The summed E-state index contributed by atoms with van der Waals surface area (Å²) >= 11 is 0. The molecule has 3 atom stereocenters. The lowest BCUT2D eigenvalue weighted by molar-refractivity contribution is 0.0106. The first kappa shape index (κ1) is 13.3. The second-order valence-corrected chi connectivity index (χ2v) is 6.36. The molecule has 17 heavy (non-hydrogen) atoms. The third-order valence-electron chi connectivity index (χ3n) is 4.62. The maximum absolute atomic E-state index is 6.22. The Morgan fingerprint density at radius 2 is 2.00 bits per heavy atom. The topological polar surface area (TPSA) is 32.5 Å². The molecule has 0 amide bonds. The molecule has 0 bridgehead atoms. The summed E-state index contributed by atoms with van der Waals surface area (Å²) in [5, 5.41) is 0. The summed E-state index contributed by atoms with van der Waals surface area (Å²) < 4.78 is 0. The fourth-order valence-corrected chi connectivity index (χ4v) is 3.15. The average Bonchev–Trinajstić information content (AvgIpc) is 2.29. The van der Waals surface area contributed by atoms with Gasteiger partial charge in [0.1, 0.15) is 0 Å². The Hall–Kier alpha value is -0.120. The van der Waals surface area contributed by atoms with Gasteiger partial charge in [-0.05, 0) is 32.2 Å². The smallest absolute Gasteiger partial charge is 0.0223 e. The third-order valence-corrected chi connectivity index (χ3v) is 4.62. The molecule has 0 radical (unpaired) electrons. The number of nitrogens with zero attached hydrogens (tertiary/aromatic N) is 2. The van der Waals surface area contributed by atoms with E-state index in [4.69, 9.17) is 5.73 Å². The molecule has 0 saturated carbocycles. The van der Waals surface area contributed by atoms with Crippen LogP contribution in [0.25, 0.3) is 0 Å². The number of hydrogen-bond acceptors (Lipinski definition) is 3. The van der Waals surface area contributed by atoms with Crippen LogP contribution in [0.1, 0.15) is 40.0 Å². The Balaban J connectivity index is 1.90. The summed E-state index contributed by atoms with van der Waals surface area (Å²) in [4.78, 5) is 5.32. The normalized spacial score (nSPS) is 33.7. The van der Waals surface area contributed by atoms with Crippen LogP contribution in [0.2, 0.25) is 0 Å².